The normalized spacial score (nSPS) is 9.29. The van der Waals surface area contributed by atoms with Crippen molar-refractivity contribution in [2.75, 3.05) is 10.6 Å². The fourth-order valence-corrected chi connectivity index (χ4v) is 1.61. The van der Waals surface area contributed by atoms with Crippen LogP contribution in [-0.2, 0) is 0 Å². The van der Waals surface area contributed by atoms with Gasteiger partial charge in [0.05, 0.1) is 23.6 Å². The first-order valence-corrected chi connectivity index (χ1v) is 6.00. The molecule has 1 aromatic carbocycles. The topological polar surface area (TPSA) is 114 Å². The first-order valence-electron chi connectivity index (χ1n) is 5.62. The zero-order valence-corrected chi connectivity index (χ0v) is 11.2. The van der Waals surface area contributed by atoms with E-state index in [0.717, 1.165) is 0 Å². The number of carbonyl (C=O) groups is 1. The number of nitrogens with one attached hydrogen (secondary N) is 2. The Morgan fingerprint density at radius 3 is 2.57 bits per heavy atom. The van der Waals surface area contributed by atoms with E-state index in [9.17, 15) is 4.79 Å². The molecule has 0 fully saturated rings. The van der Waals surface area contributed by atoms with Gasteiger partial charge in [0, 0.05) is 5.02 Å². The molecule has 0 aliphatic carbocycles. The molecule has 0 unspecified atom stereocenters. The molecule has 21 heavy (non-hydrogen) atoms. The van der Waals surface area contributed by atoms with E-state index in [1.54, 1.807) is 6.07 Å². The van der Waals surface area contributed by atoms with Gasteiger partial charge in [0.15, 0.2) is 11.5 Å². The predicted molar refractivity (Wildman–Crippen MR) is 75.6 cm³/mol. The molecular formula is C13H7ClN6O. The van der Waals surface area contributed by atoms with Crippen LogP contribution in [0.1, 0.15) is 11.3 Å². The van der Waals surface area contributed by atoms with Crippen LogP contribution in [0.5, 0.6) is 0 Å². The van der Waals surface area contributed by atoms with Crippen LogP contribution in [0, 0.1) is 22.7 Å². The first-order chi connectivity index (χ1) is 10.1. The lowest BCUT2D eigenvalue weighted by molar-refractivity contribution is 0.262. The smallest absolute Gasteiger partial charge is 0.306 e. The van der Waals surface area contributed by atoms with Gasteiger partial charge in [-0.2, -0.15) is 10.5 Å². The molecule has 2 aromatic rings. The highest BCUT2D eigenvalue weighted by Crippen LogP contribution is 2.20. The number of amides is 2. The molecule has 2 N–H and O–H groups in total. The fraction of sp³-hybridized carbons (Fsp3) is 0. The van der Waals surface area contributed by atoms with E-state index in [4.69, 9.17) is 22.1 Å². The van der Waals surface area contributed by atoms with E-state index >= 15 is 0 Å². The molecule has 2 amide bonds. The van der Waals surface area contributed by atoms with Gasteiger partial charge in [0.25, 0.3) is 0 Å². The Labute approximate surface area is 124 Å². The van der Waals surface area contributed by atoms with Crippen molar-refractivity contribution >= 4 is 29.1 Å². The van der Waals surface area contributed by atoms with Gasteiger partial charge in [-0.05, 0) is 18.2 Å². The molecule has 2 rings (SSSR count). The Hall–Kier alpha value is -3.16. The summed E-state index contributed by atoms with van der Waals surface area (Å²) in [6.07, 6.45) is 2.48. The molecule has 0 saturated carbocycles. The van der Waals surface area contributed by atoms with Crippen molar-refractivity contribution in [1.29, 1.82) is 10.5 Å². The lowest BCUT2D eigenvalue weighted by atomic mass is 10.2. The van der Waals surface area contributed by atoms with Crippen molar-refractivity contribution in [3.8, 4) is 12.1 Å². The minimum atomic E-state index is -0.604. The van der Waals surface area contributed by atoms with Gasteiger partial charge in [-0.25, -0.2) is 14.8 Å². The summed E-state index contributed by atoms with van der Waals surface area (Å²) in [6.45, 7) is 0. The number of benzene rings is 1. The summed E-state index contributed by atoms with van der Waals surface area (Å²) in [5.74, 6) is 0.173. The maximum absolute atomic E-state index is 11.8. The molecule has 0 aliphatic rings. The van der Waals surface area contributed by atoms with Gasteiger partial charge in [-0.1, -0.05) is 11.6 Å². The van der Waals surface area contributed by atoms with Gasteiger partial charge >= 0.3 is 6.03 Å². The minimum absolute atomic E-state index is 0.141. The second-order valence-electron chi connectivity index (χ2n) is 3.78. The van der Waals surface area contributed by atoms with Crippen molar-refractivity contribution in [2.45, 2.75) is 0 Å². The highest BCUT2D eigenvalue weighted by atomic mass is 35.5. The van der Waals surface area contributed by atoms with Crippen molar-refractivity contribution < 1.29 is 4.79 Å². The van der Waals surface area contributed by atoms with Gasteiger partial charge in [0.1, 0.15) is 12.1 Å². The molecule has 0 bridgehead atoms. The third kappa shape index (κ3) is 3.66. The number of urea groups is 1. The highest BCUT2D eigenvalue weighted by molar-refractivity contribution is 6.31. The van der Waals surface area contributed by atoms with Crippen molar-refractivity contribution in [1.82, 2.24) is 9.97 Å². The maximum atomic E-state index is 11.8. The van der Waals surface area contributed by atoms with Gasteiger partial charge in [-0.3, -0.25) is 5.32 Å². The van der Waals surface area contributed by atoms with Gasteiger partial charge in [0.2, 0.25) is 0 Å². The summed E-state index contributed by atoms with van der Waals surface area (Å²) >= 11 is 5.82. The summed E-state index contributed by atoms with van der Waals surface area (Å²) in [5, 5.41) is 22.9. The lowest BCUT2D eigenvalue weighted by Crippen LogP contribution is -2.20. The largest absolute Gasteiger partial charge is 0.324 e. The zero-order valence-electron chi connectivity index (χ0n) is 10.5. The SMILES string of the molecule is N#Cc1cnc(NC(=O)Nc2cc(Cl)ccc2C#N)cn1. The summed E-state index contributed by atoms with van der Waals surface area (Å²) < 4.78 is 0. The Morgan fingerprint density at radius 2 is 1.95 bits per heavy atom. The summed E-state index contributed by atoms with van der Waals surface area (Å²) in [7, 11) is 0. The number of nitriles is 2. The van der Waals surface area contributed by atoms with Crippen LogP contribution in [0.25, 0.3) is 0 Å². The quantitative estimate of drug-likeness (QED) is 0.884. The third-order valence-corrected chi connectivity index (χ3v) is 2.59. The molecule has 0 radical (unpaired) electrons. The van der Waals surface area contributed by atoms with Crippen LogP contribution in [0.15, 0.2) is 30.6 Å². The second-order valence-corrected chi connectivity index (χ2v) is 4.22. The lowest BCUT2D eigenvalue weighted by Gasteiger charge is -2.08. The molecule has 1 heterocycles. The number of carbonyl (C=O) groups excluding carboxylic acids is 1. The molecule has 7 nitrogen and oxygen atoms in total. The monoisotopic (exact) mass is 298 g/mol. The van der Waals surface area contributed by atoms with E-state index in [1.165, 1.54) is 24.5 Å². The minimum Gasteiger partial charge on any atom is -0.306 e. The Kier molecular flexibility index (Phi) is 4.30. The van der Waals surface area contributed by atoms with E-state index in [-0.39, 0.29) is 22.8 Å². The Morgan fingerprint density at radius 1 is 1.14 bits per heavy atom. The molecule has 1 aromatic heterocycles. The maximum Gasteiger partial charge on any atom is 0.324 e. The number of aromatic nitrogens is 2. The molecule has 0 saturated heterocycles. The number of anilines is 2. The van der Waals surface area contributed by atoms with Crippen molar-refractivity contribution in [3.63, 3.8) is 0 Å². The summed E-state index contributed by atoms with van der Waals surface area (Å²) in [6, 6.07) is 7.67. The summed E-state index contributed by atoms with van der Waals surface area (Å²) in [4.78, 5) is 19.4. The van der Waals surface area contributed by atoms with Crippen LogP contribution in [0.3, 0.4) is 0 Å². The van der Waals surface area contributed by atoms with E-state index < -0.39 is 6.03 Å². The van der Waals surface area contributed by atoms with Crippen molar-refractivity contribution in [2.24, 2.45) is 0 Å². The van der Waals surface area contributed by atoms with Gasteiger partial charge in [-0.15, -0.1) is 0 Å². The molecule has 0 aliphatic heterocycles. The Bertz CT molecular complexity index is 760. The second kappa shape index (κ2) is 6.33. The number of rotatable bonds is 2. The highest BCUT2D eigenvalue weighted by Gasteiger charge is 2.08. The standard InChI is InChI=1S/C13H7ClN6O/c14-9-2-1-8(4-15)11(3-9)19-13(21)20-12-7-17-10(5-16)6-18-12/h1-3,6-7H,(H2,18,19,20,21). The van der Waals surface area contributed by atoms with Crippen LogP contribution < -0.4 is 10.6 Å². The van der Waals surface area contributed by atoms with Crippen LogP contribution in [-0.4, -0.2) is 16.0 Å². The van der Waals surface area contributed by atoms with Gasteiger partial charge < -0.3 is 5.32 Å². The molecule has 8 heteroatoms. The molecule has 0 atom stereocenters. The fourth-order valence-electron chi connectivity index (χ4n) is 1.44. The number of hydrogen-bond donors (Lipinski definition) is 2. The number of nitrogens with zero attached hydrogens (tertiary/aromatic N) is 4. The average molecular weight is 299 g/mol. The molecular weight excluding hydrogens is 292 g/mol. The van der Waals surface area contributed by atoms with E-state index in [1.807, 2.05) is 12.1 Å². The predicted octanol–water partition coefficient (Wildman–Crippen LogP) is 2.52. The average Bonchev–Trinajstić information content (AvgIpc) is 2.48. The van der Waals surface area contributed by atoms with E-state index in [2.05, 4.69) is 20.6 Å². The van der Waals surface area contributed by atoms with Crippen LogP contribution in [0.4, 0.5) is 16.3 Å². The molecule has 0 spiro atoms. The van der Waals surface area contributed by atoms with Crippen LogP contribution >= 0.6 is 11.6 Å². The zero-order chi connectivity index (χ0) is 15.2. The van der Waals surface area contributed by atoms with Crippen molar-refractivity contribution in [3.05, 3.63) is 46.9 Å². The number of hydrogen-bond acceptors (Lipinski definition) is 5. The summed E-state index contributed by atoms with van der Waals surface area (Å²) in [5.41, 5.74) is 0.701. The third-order valence-electron chi connectivity index (χ3n) is 2.36. The van der Waals surface area contributed by atoms with E-state index in [0.29, 0.717) is 5.02 Å². The number of halogens is 1. The first kappa shape index (κ1) is 14.3. The molecule has 102 valence electrons. The Balaban J connectivity index is 2.10. The van der Waals surface area contributed by atoms with Crippen LogP contribution in [0.2, 0.25) is 5.02 Å².